The van der Waals surface area contributed by atoms with E-state index in [0.717, 1.165) is 17.1 Å². The van der Waals surface area contributed by atoms with Gasteiger partial charge >= 0.3 is 0 Å². The van der Waals surface area contributed by atoms with E-state index in [2.05, 4.69) is 184 Å². The van der Waals surface area contributed by atoms with E-state index in [1.165, 1.54) is 82.2 Å². The van der Waals surface area contributed by atoms with Gasteiger partial charge in [0.25, 0.3) is 0 Å². The highest BCUT2D eigenvalue weighted by Gasteiger charge is 2.18. The molecular weight excluding hydrogens is 647 g/mol. The fraction of sp³-hybridized carbons (Fsp3) is 0.0204. The molecule has 4 heteroatoms. The lowest BCUT2D eigenvalue weighted by atomic mass is 10.0. The molecule has 3 heterocycles. The van der Waals surface area contributed by atoms with Gasteiger partial charge in [0.2, 0.25) is 0 Å². The van der Waals surface area contributed by atoms with Crippen LogP contribution in [0.4, 0.5) is 0 Å². The van der Waals surface area contributed by atoms with Crippen LogP contribution in [0, 0.1) is 0 Å². The third-order valence-electron chi connectivity index (χ3n) is 10.9. The number of aromatic nitrogens is 3. The van der Waals surface area contributed by atoms with Crippen LogP contribution in [-0.2, 0) is 0 Å². The lowest BCUT2D eigenvalue weighted by Crippen LogP contribution is -1.95. The number of benzene rings is 8. The zero-order valence-electron chi connectivity index (χ0n) is 29.1. The van der Waals surface area contributed by atoms with E-state index in [4.69, 9.17) is 4.74 Å². The molecule has 8 aromatic carbocycles. The van der Waals surface area contributed by atoms with Gasteiger partial charge in [0, 0.05) is 49.4 Å². The molecule has 0 saturated heterocycles. The number of ether oxygens (including phenoxy) is 1. The number of rotatable bonds is 5. The Morgan fingerprint density at radius 3 is 1.19 bits per heavy atom. The van der Waals surface area contributed by atoms with Crippen molar-refractivity contribution in [1.82, 2.24) is 13.7 Å². The number of para-hydroxylation sites is 4. The molecule has 11 aromatic rings. The summed E-state index contributed by atoms with van der Waals surface area (Å²) in [4.78, 5) is 0. The summed E-state index contributed by atoms with van der Waals surface area (Å²) in [5.41, 5.74) is 13.0. The smallest absolute Gasteiger partial charge is 0.119 e. The van der Waals surface area contributed by atoms with Crippen LogP contribution in [0.2, 0.25) is 0 Å². The molecule has 0 bridgehead atoms. The Labute approximate surface area is 305 Å². The predicted octanol–water partition coefficient (Wildman–Crippen LogP) is 12.7. The lowest BCUT2D eigenvalue weighted by Gasteiger charge is -2.11. The van der Waals surface area contributed by atoms with Gasteiger partial charge in [-0.3, -0.25) is 0 Å². The monoisotopic (exact) mass is 679 g/mol. The molecule has 3 aromatic heterocycles. The average molecular weight is 680 g/mol. The zero-order chi connectivity index (χ0) is 35.0. The van der Waals surface area contributed by atoms with Crippen molar-refractivity contribution in [3.8, 4) is 33.9 Å². The van der Waals surface area contributed by atoms with Crippen LogP contribution < -0.4 is 4.74 Å². The molecule has 0 radical (unpaired) electrons. The zero-order valence-corrected chi connectivity index (χ0v) is 29.1. The highest BCUT2D eigenvalue weighted by atomic mass is 16.5. The van der Waals surface area contributed by atoms with E-state index >= 15 is 0 Å². The van der Waals surface area contributed by atoms with E-state index in [1.807, 2.05) is 12.1 Å². The van der Waals surface area contributed by atoms with Crippen molar-refractivity contribution in [1.29, 1.82) is 0 Å². The van der Waals surface area contributed by atoms with Crippen LogP contribution in [0.15, 0.2) is 182 Å². The van der Waals surface area contributed by atoms with Crippen LogP contribution in [0.1, 0.15) is 0 Å². The van der Waals surface area contributed by atoms with Crippen LogP contribution in [0.5, 0.6) is 5.75 Å². The van der Waals surface area contributed by atoms with Gasteiger partial charge in [-0.1, -0.05) is 84.9 Å². The fourth-order valence-corrected chi connectivity index (χ4v) is 8.55. The Morgan fingerprint density at radius 2 is 0.679 bits per heavy atom. The van der Waals surface area contributed by atoms with E-state index in [1.54, 1.807) is 7.11 Å². The van der Waals surface area contributed by atoms with Gasteiger partial charge < -0.3 is 18.4 Å². The molecule has 0 spiro atoms. The second-order valence-corrected chi connectivity index (χ2v) is 13.8. The number of fused-ring (bicyclic) bond motifs is 9. The van der Waals surface area contributed by atoms with Crippen molar-refractivity contribution in [2.45, 2.75) is 0 Å². The number of methoxy groups -OCH3 is 1. The van der Waals surface area contributed by atoms with E-state index in [0.29, 0.717) is 0 Å². The lowest BCUT2D eigenvalue weighted by molar-refractivity contribution is 0.415. The van der Waals surface area contributed by atoms with Gasteiger partial charge in [-0.2, -0.15) is 0 Å². The maximum atomic E-state index is 5.45. The summed E-state index contributed by atoms with van der Waals surface area (Å²) in [7, 11) is 1.71. The molecule has 0 saturated carbocycles. The summed E-state index contributed by atoms with van der Waals surface area (Å²) in [6.07, 6.45) is 0. The molecular formula is C49H33N3O. The quantitative estimate of drug-likeness (QED) is 0.178. The SMILES string of the molecule is COc1ccc(-n2c3ccccc3c3cc(-c4ccc5c(c4)c4ccccc4n5-c4ccc5c(c4)c4ccccc4n5-c4ccccc4)ccc32)cc1. The molecule has 0 atom stereocenters. The molecule has 0 fully saturated rings. The third kappa shape index (κ3) is 4.42. The molecule has 0 aliphatic rings. The number of hydrogen-bond donors (Lipinski definition) is 0. The summed E-state index contributed by atoms with van der Waals surface area (Å²) in [6, 6.07) is 65.9. The molecule has 0 N–H and O–H groups in total. The van der Waals surface area contributed by atoms with Crippen molar-refractivity contribution < 1.29 is 4.74 Å². The summed E-state index contributed by atoms with van der Waals surface area (Å²) in [6.45, 7) is 0. The van der Waals surface area contributed by atoms with Crippen molar-refractivity contribution in [3.63, 3.8) is 0 Å². The molecule has 0 aliphatic carbocycles. The highest BCUT2D eigenvalue weighted by molar-refractivity contribution is 6.14. The molecule has 0 unspecified atom stereocenters. The Bertz CT molecular complexity index is 3200. The summed E-state index contributed by atoms with van der Waals surface area (Å²) < 4.78 is 12.6. The first-order chi connectivity index (χ1) is 26.2. The molecule has 11 rings (SSSR count). The maximum absolute atomic E-state index is 5.45. The second-order valence-electron chi connectivity index (χ2n) is 13.8. The van der Waals surface area contributed by atoms with E-state index in [-0.39, 0.29) is 0 Å². The fourth-order valence-electron chi connectivity index (χ4n) is 8.55. The number of nitrogens with zero attached hydrogens (tertiary/aromatic N) is 3. The van der Waals surface area contributed by atoms with Crippen molar-refractivity contribution >= 4 is 65.4 Å². The predicted molar refractivity (Wildman–Crippen MR) is 221 cm³/mol. The molecule has 53 heavy (non-hydrogen) atoms. The summed E-state index contributed by atoms with van der Waals surface area (Å²) in [5.74, 6) is 0.852. The minimum absolute atomic E-state index is 0.852. The van der Waals surface area contributed by atoms with Crippen LogP contribution in [0.3, 0.4) is 0 Å². The van der Waals surface area contributed by atoms with Crippen molar-refractivity contribution in [2.75, 3.05) is 7.11 Å². The first-order valence-corrected chi connectivity index (χ1v) is 18.1. The van der Waals surface area contributed by atoms with Crippen LogP contribution in [-0.4, -0.2) is 20.8 Å². The standard InChI is InChI=1S/C49H33N3O/c1-53-37-24-21-35(22-25-37)51-44-16-8-5-13-38(44)41-29-32(19-26-47(41)51)33-20-27-48-42(30-33)39-14-6-10-18-46(39)52(48)36-23-28-49-43(31-36)40-15-7-9-17-45(40)50(49)34-11-3-2-4-12-34/h2-31H,1H3. The van der Waals surface area contributed by atoms with Crippen LogP contribution in [0.25, 0.3) is 93.6 Å². The summed E-state index contributed by atoms with van der Waals surface area (Å²) in [5, 5.41) is 7.45. The van der Waals surface area contributed by atoms with Crippen molar-refractivity contribution in [2.24, 2.45) is 0 Å². The highest BCUT2D eigenvalue weighted by Crippen LogP contribution is 2.40. The Kier molecular flexibility index (Phi) is 6.43. The molecule has 0 aliphatic heterocycles. The van der Waals surface area contributed by atoms with Crippen molar-refractivity contribution in [3.05, 3.63) is 182 Å². The number of hydrogen-bond acceptors (Lipinski definition) is 1. The van der Waals surface area contributed by atoms with Gasteiger partial charge in [-0.05, 0) is 108 Å². The van der Waals surface area contributed by atoms with Gasteiger partial charge in [0.15, 0.2) is 0 Å². The second kappa shape index (κ2) is 11.5. The molecule has 0 amide bonds. The topological polar surface area (TPSA) is 24.0 Å². The van der Waals surface area contributed by atoms with E-state index < -0.39 is 0 Å². The minimum atomic E-state index is 0.852. The maximum Gasteiger partial charge on any atom is 0.119 e. The Morgan fingerprint density at radius 1 is 0.302 bits per heavy atom. The summed E-state index contributed by atoms with van der Waals surface area (Å²) >= 11 is 0. The largest absolute Gasteiger partial charge is 0.497 e. The van der Waals surface area contributed by atoms with Gasteiger partial charge in [-0.25, -0.2) is 0 Å². The first-order valence-electron chi connectivity index (χ1n) is 18.1. The van der Waals surface area contributed by atoms with Gasteiger partial charge in [-0.15, -0.1) is 0 Å². The minimum Gasteiger partial charge on any atom is -0.497 e. The average Bonchev–Trinajstić information content (AvgIpc) is 3.86. The van der Waals surface area contributed by atoms with Gasteiger partial charge in [0.1, 0.15) is 5.75 Å². The Hall–Kier alpha value is -7.04. The molecule has 250 valence electrons. The normalized spacial score (nSPS) is 11.9. The van der Waals surface area contributed by atoms with Crippen LogP contribution >= 0.6 is 0 Å². The Balaban J connectivity index is 1.08. The first kappa shape index (κ1) is 29.7. The van der Waals surface area contributed by atoms with E-state index in [9.17, 15) is 0 Å². The van der Waals surface area contributed by atoms with Gasteiger partial charge in [0.05, 0.1) is 40.2 Å². The third-order valence-corrected chi connectivity index (χ3v) is 10.9. The molecule has 4 nitrogen and oxygen atoms in total.